The molecule has 1 aromatic rings. The third-order valence-corrected chi connectivity index (χ3v) is 2.44. The predicted octanol–water partition coefficient (Wildman–Crippen LogP) is 2.57. The lowest BCUT2D eigenvalue weighted by atomic mass is 10.1. The molecule has 1 unspecified atom stereocenters. The number of ether oxygens (including phenoxy) is 1. The summed E-state index contributed by atoms with van der Waals surface area (Å²) < 4.78 is 4.93. The number of nitrogens with zero attached hydrogens (tertiary/aromatic N) is 1. The number of benzene rings is 1. The molecule has 16 heavy (non-hydrogen) atoms. The van der Waals surface area contributed by atoms with Gasteiger partial charge < -0.3 is 4.74 Å². The standard InChI is InChI=1S/C10H10BrNO4/c1-6(11)9(13)7-4-3-5-8(12(14)15)10(7)16-2/h3-6H,1-2H3. The fraction of sp³-hybridized carbons (Fsp3) is 0.300. The third kappa shape index (κ3) is 2.38. The number of carbonyl (C=O) groups excluding carboxylic acids is 1. The summed E-state index contributed by atoms with van der Waals surface area (Å²) in [6, 6.07) is 4.27. The Morgan fingerprint density at radius 1 is 1.56 bits per heavy atom. The van der Waals surface area contributed by atoms with Crippen LogP contribution in [-0.2, 0) is 0 Å². The van der Waals surface area contributed by atoms with Crippen LogP contribution in [0.15, 0.2) is 18.2 Å². The molecule has 0 saturated heterocycles. The molecule has 0 bridgehead atoms. The zero-order valence-corrected chi connectivity index (χ0v) is 10.4. The van der Waals surface area contributed by atoms with Crippen molar-refractivity contribution in [3.63, 3.8) is 0 Å². The largest absolute Gasteiger partial charge is 0.490 e. The molecule has 0 amide bonds. The molecule has 0 spiro atoms. The van der Waals surface area contributed by atoms with Crippen molar-refractivity contribution in [1.29, 1.82) is 0 Å². The smallest absolute Gasteiger partial charge is 0.311 e. The summed E-state index contributed by atoms with van der Waals surface area (Å²) in [4.78, 5) is 21.5. The van der Waals surface area contributed by atoms with Gasteiger partial charge in [-0.1, -0.05) is 22.0 Å². The summed E-state index contributed by atoms with van der Waals surface area (Å²) in [6.07, 6.45) is 0. The van der Waals surface area contributed by atoms with Crippen molar-refractivity contribution < 1.29 is 14.5 Å². The van der Waals surface area contributed by atoms with E-state index in [1.165, 1.54) is 25.3 Å². The Hall–Kier alpha value is -1.43. The topological polar surface area (TPSA) is 69.4 Å². The number of Topliss-reactive ketones (excluding diaryl/α,β-unsaturated/α-hetero) is 1. The molecular weight excluding hydrogens is 278 g/mol. The highest BCUT2D eigenvalue weighted by atomic mass is 79.9. The molecule has 0 fully saturated rings. The predicted molar refractivity (Wildman–Crippen MR) is 62.4 cm³/mol. The van der Waals surface area contributed by atoms with Crippen molar-refractivity contribution in [1.82, 2.24) is 0 Å². The fourth-order valence-corrected chi connectivity index (χ4v) is 1.54. The molecule has 0 heterocycles. The van der Waals surface area contributed by atoms with Gasteiger partial charge in [-0.15, -0.1) is 0 Å². The van der Waals surface area contributed by atoms with Gasteiger partial charge in [0.1, 0.15) is 0 Å². The molecule has 5 nitrogen and oxygen atoms in total. The Balaban J connectivity index is 3.35. The van der Waals surface area contributed by atoms with Gasteiger partial charge in [-0.3, -0.25) is 14.9 Å². The number of halogens is 1. The first kappa shape index (κ1) is 12.6. The number of rotatable bonds is 4. The van der Waals surface area contributed by atoms with E-state index in [-0.39, 0.29) is 22.8 Å². The monoisotopic (exact) mass is 287 g/mol. The van der Waals surface area contributed by atoms with E-state index in [1.807, 2.05) is 0 Å². The molecule has 0 aliphatic rings. The average molecular weight is 288 g/mol. The van der Waals surface area contributed by atoms with E-state index in [0.29, 0.717) is 0 Å². The lowest BCUT2D eigenvalue weighted by molar-refractivity contribution is -0.385. The van der Waals surface area contributed by atoms with Gasteiger partial charge in [0.2, 0.25) is 5.75 Å². The van der Waals surface area contributed by atoms with Gasteiger partial charge in [-0.05, 0) is 13.0 Å². The molecule has 1 rings (SSSR count). The maximum absolute atomic E-state index is 11.7. The second kappa shape index (κ2) is 5.07. The molecule has 86 valence electrons. The molecule has 0 aliphatic carbocycles. The van der Waals surface area contributed by atoms with Gasteiger partial charge in [0.15, 0.2) is 5.78 Å². The highest BCUT2D eigenvalue weighted by Crippen LogP contribution is 2.31. The summed E-state index contributed by atoms with van der Waals surface area (Å²) in [6.45, 7) is 1.65. The van der Waals surface area contributed by atoms with Crippen LogP contribution in [0.3, 0.4) is 0 Å². The molecule has 0 aliphatic heterocycles. The number of hydrogen-bond donors (Lipinski definition) is 0. The number of ketones is 1. The SMILES string of the molecule is COc1c(C(=O)C(C)Br)cccc1[N+](=O)[O-]. The average Bonchev–Trinajstić information content (AvgIpc) is 2.26. The molecule has 1 aromatic carbocycles. The van der Waals surface area contributed by atoms with Crippen LogP contribution in [0.25, 0.3) is 0 Å². The van der Waals surface area contributed by atoms with Crippen molar-refractivity contribution in [2.45, 2.75) is 11.8 Å². The van der Waals surface area contributed by atoms with Gasteiger partial charge >= 0.3 is 5.69 Å². The van der Waals surface area contributed by atoms with Crippen molar-refractivity contribution in [2.24, 2.45) is 0 Å². The summed E-state index contributed by atoms with van der Waals surface area (Å²) >= 11 is 3.13. The molecule has 0 N–H and O–H groups in total. The lowest BCUT2D eigenvalue weighted by Gasteiger charge is -2.08. The number of hydrogen-bond acceptors (Lipinski definition) is 4. The number of nitro groups is 1. The van der Waals surface area contributed by atoms with Crippen LogP contribution >= 0.6 is 15.9 Å². The molecule has 1 atom stereocenters. The van der Waals surface area contributed by atoms with Gasteiger partial charge in [0, 0.05) is 6.07 Å². The van der Waals surface area contributed by atoms with Crippen molar-refractivity contribution >= 4 is 27.4 Å². The second-order valence-corrected chi connectivity index (χ2v) is 4.47. The number of para-hydroxylation sites is 1. The summed E-state index contributed by atoms with van der Waals surface area (Å²) in [5.41, 5.74) is 0.00238. The Bertz CT molecular complexity index is 431. The van der Waals surface area contributed by atoms with E-state index in [4.69, 9.17) is 4.74 Å². The molecule has 0 radical (unpaired) electrons. The highest BCUT2D eigenvalue weighted by Gasteiger charge is 2.24. The quantitative estimate of drug-likeness (QED) is 0.369. The first-order chi connectivity index (χ1) is 7.49. The normalized spacial score (nSPS) is 11.9. The Labute approximate surface area is 101 Å². The lowest BCUT2D eigenvalue weighted by Crippen LogP contribution is -2.12. The Morgan fingerprint density at radius 2 is 2.19 bits per heavy atom. The van der Waals surface area contributed by atoms with E-state index >= 15 is 0 Å². The number of nitro benzene ring substituents is 1. The fourth-order valence-electron chi connectivity index (χ4n) is 1.29. The van der Waals surface area contributed by atoms with Gasteiger partial charge in [0.25, 0.3) is 0 Å². The van der Waals surface area contributed by atoms with Crippen LogP contribution in [-0.4, -0.2) is 22.6 Å². The van der Waals surface area contributed by atoms with Crippen LogP contribution in [0.1, 0.15) is 17.3 Å². The first-order valence-corrected chi connectivity index (χ1v) is 5.40. The number of methoxy groups -OCH3 is 1. The van der Waals surface area contributed by atoms with E-state index in [1.54, 1.807) is 6.92 Å². The molecular formula is C10H10BrNO4. The zero-order chi connectivity index (χ0) is 12.3. The summed E-state index contributed by atoms with van der Waals surface area (Å²) in [5.74, 6) is -0.246. The van der Waals surface area contributed by atoms with E-state index in [9.17, 15) is 14.9 Å². The van der Waals surface area contributed by atoms with E-state index < -0.39 is 9.75 Å². The second-order valence-electron chi connectivity index (χ2n) is 3.10. The maximum Gasteiger partial charge on any atom is 0.311 e. The van der Waals surface area contributed by atoms with Crippen LogP contribution in [0.2, 0.25) is 0 Å². The van der Waals surface area contributed by atoms with Crippen LogP contribution in [0.4, 0.5) is 5.69 Å². The zero-order valence-electron chi connectivity index (χ0n) is 8.77. The van der Waals surface area contributed by atoms with E-state index in [2.05, 4.69) is 15.9 Å². The molecule has 0 saturated carbocycles. The number of alkyl halides is 1. The minimum absolute atomic E-state index is 0.00352. The molecule has 0 aromatic heterocycles. The molecule has 6 heteroatoms. The van der Waals surface area contributed by atoms with Gasteiger partial charge in [0.05, 0.1) is 22.4 Å². The Kier molecular flexibility index (Phi) is 4.00. The van der Waals surface area contributed by atoms with Gasteiger partial charge in [-0.2, -0.15) is 0 Å². The van der Waals surface area contributed by atoms with Gasteiger partial charge in [-0.25, -0.2) is 0 Å². The van der Waals surface area contributed by atoms with Crippen LogP contribution < -0.4 is 4.74 Å². The minimum Gasteiger partial charge on any atom is -0.490 e. The summed E-state index contributed by atoms with van der Waals surface area (Å²) in [7, 11) is 1.30. The minimum atomic E-state index is -0.575. The van der Waals surface area contributed by atoms with Crippen molar-refractivity contribution in [3.8, 4) is 5.75 Å². The third-order valence-electron chi connectivity index (χ3n) is 2.02. The number of carbonyl (C=O) groups is 1. The van der Waals surface area contributed by atoms with E-state index in [0.717, 1.165) is 0 Å². The van der Waals surface area contributed by atoms with Crippen LogP contribution in [0.5, 0.6) is 5.75 Å². The highest BCUT2D eigenvalue weighted by molar-refractivity contribution is 9.10. The van der Waals surface area contributed by atoms with Crippen molar-refractivity contribution in [3.05, 3.63) is 33.9 Å². The Morgan fingerprint density at radius 3 is 2.62 bits per heavy atom. The van der Waals surface area contributed by atoms with Crippen LogP contribution in [0, 0.1) is 10.1 Å². The first-order valence-electron chi connectivity index (χ1n) is 4.48. The maximum atomic E-state index is 11.7. The van der Waals surface area contributed by atoms with Crippen molar-refractivity contribution in [2.75, 3.05) is 7.11 Å². The summed E-state index contributed by atoms with van der Waals surface area (Å²) in [5, 5.41) is 10.7.